The minimum Gasteiger partial charge on any atom is -0.489 e. The molecule has 1 aliphatic rings. The minimum absolute atomic E-state index is 0.00895. The van der Waals surface area contributed by atoms with Gasteiger partial charge < -0.3 is 15.0 Å². The van der Waals surface area contributed by atoms with Crippen molar-refractivity contribution < 1.29 is 9.53 Å². The summed E-state index contributed by atoms with van der Waals surface area (Å²) in [5, 5.41) is 3.01. The van der Waals surface area contributed by atoms with Gasteiger partial charge in [-0.3, -0.25) is 0 Å². The number of amides is 2. The topological polar surface area (TPSA) is 41.6 Å². The summed E-state index contributed by atoms with van der Waals surface area (Å²) in [4.78, 5) is 14.1. The summed E-state index contributed by atoms with van der Waals surface area (Å²) in [6.45, 7) is 3.17. The predicted octanol–water partition coefficient (Wildman–Crippen LogP) is 4.21. The van der Waals surface area contributed by atoms with E-state index >= 15 is 0 Å². The van der Waals surface area contributed by atoms with Crippen molar-refractivity contribution in [2.75, 3.05) is 7.05 Å². The van der Waals surface area contributed by atoms with Gasteiger partial charge in [0, 0.05) is 19.6 Å². The molecule has 1 unspecified atom stereocenters. The van der Waals surface area contributed by atoms with Crippen LogP contribution >= 0.6 is 0 Å². The maximum absolute atomic E-state index is 12.3. The van der Waals surface area contributed by atoms with Crippen molar-refractivity contribution in [1.29, 1.82) is 0 Å². The maximum atomic E-state index is 12.3. The molecule has 1 aliphatic carbocycles. The molecule has 25 heavy (non-hydrogen) atoms. The molecule has 0 bridgehead atoms. The van der Waals surface area contributed by atoms with Crippen LogP contribution in [0.1, 0.15) is 30.9 Å². The Bertz CT molecular complexity index is 698. The fourth-order valence-corrected chi connectivity index (χ4v) is 2.89. The number of hydrogen-bond donors (Lipinski definition) is 1. The molecule has 1 fully saturated rings. The predicted molar refractivity (Wildman–Crippen MR) is 99.4 cm³/mol. The highest BCUT2D eigenvalue weighted by molar-refractivity contribution is 5.74. The van der Waals surface area contributed by atoms with Gasteiger partial charge in [0.1, 0.15) is 12.4 Å². The molecule has 1 N–H and O–H groups in total. The number of ether oxygens (including phenoxy) is 1. The molecule has 2 amide bonds. The smallest absolute Gasteiger partial charge is 0.317 e. The first kappa shape index (κ1) is 17.3. The Morgan fingerprint density at radius 1 is 1.16 bits per heavy atom. The standard InChI is InChI=1S/C21H26N2O2/c1-16(19-11-12-19)23(2)21(24)22-14-17-7-6-8-18(13-17)15-25-20-9-4-3-5-10-20/h3-10,13,16,19H,11-12,14-15H2,1-2H3,(H,22,24). The van der Waals surface area contributed by atoms with E-state index in [9.17, 15) is 4.79 Å². The first-order chi connectivity index (χ1) is 12.1. The van der Waals surface area contributed by atoms with Crippen LogP contribution in [0.25, 0.3) is 0 Å². The average Bonchev–Trinajstić information content (AvgIpc) is 3.49. The molecular formula is C21H26N2O2. The van der Waals surface area contributed by atoms with Crippen LogP contribution in [0, 0.1) is 5.92 Å². The molecule has 1 saturated carbocycles. The number of hydrogen-bond acceptors (Lipinski definition) is 2. The minimum atomic E-state index is -0.00895. The van der Waals surface area contributed by atoms with Crippen LogP contribution in [-0.4, -0.2) is 24.0 Å². The van der Waals surface area contributed by atoms with Gasteiger partial charge in [-0.1, -0.05) is 42.5 Å². The molecule has 0 aromatic heterocycles. The van der Waals surface area contributed by atoms with Crippen LogP contribution in [-0.2, 0) is 13.2 Å². The van der Waals surface area contributed by atoms with Crippen molar-refractivity contribution in [1.82, 2.24) is 10.2 Å². The molecule has 0 saturated heterocycles. The van der Waals surface area contributed by atoms with E-state index in [1.54, 1.807) is 0 Å². The van der Waals surface area contributed by atoms with Gasteiger partial charge in [0.05, 0.1) is 0 Å². The van der Waals surface area contributed by atoms with Gasteiger partial charge in [-0.05, 0) is 48.9 Å². The Morgan fingerprint density at radius 2 is 1.88 bits per heavy atom. The molecule has 1 atom stereocenters. The second-order valence-corrected chi connectivity index (χ2v) is 6.77. The van der Waals surface area contributed by atoms with Crippen molar-refractivity contribution in [2.45, 2.75) is 39.0 Å². The van der Waals surface area contributed by atoms with Crippen LogP contribution in [0.2, 0.25) is 0 Å². The van der Waals surface area contributed by atoms with E-state index in [1.165, 1.54) is 12.8 Å². The van der Waals surface area contributed by atoms with Gasteiger partial charge in [0.2, 0.25) is 0 Å². The van der Waals surface area contributed by atoms with Crippen LogP contribution < -0.4 is 10.1 Å². The fourth-order valence-electron chi connectivity index (χ4n) is 2.89. The van der Waals surface area contributed by atoms with E-state index in [2.05, 4.69) is 18.3 Å². The summed E-state index contributed by atoms with van der Waals surface area (Å²) >= 11 is 0. The van der Waals surface area contributed by atoms with E-state index < -0.39 is 0 Å². The normalized spacial score (nSPS) is 14.6. The third kappa shape index (κ3) is 4.99. The van der Waals surface area contributed by atoms with Crippen molar-refractivity contribution in [3.05, 3.63) is 65.7 Å². The van der Waals surface area contributed by atoms with Crippen molar-refractivity contribution >= 4 is 6.03 Å². The van der Waals surface area contributed by atoms with Crippen LogP contribution in [0.4, 0.5) is 4.79 Å². The lowest BCUT2D eigenvalue weighted by atomic mass is 10.1. The Morgan fingerprint density at radius 3 is 2.60 bits per heavy atom. The quantitative estimate of drug-likeness (QED) is 0.822. The molecule has 2 aromatic carbocycles. The van der Waals surface area contributed by atoms with Crippen molar-refractivity contribution in [2.24, 2.45) is 5.92 Å². The van der Waals surface area contributed by atoms with Crippen LogP contribution in [0.3, 0.4) is 0 Å². The highest BCUT2D eigenvalue weighted by atomic mass is 16.5. The van der Waals surface area contributed by atoms with Gasteiger partial charge in [-0.15, -0.1) is 0 Å². The van der Waals surface area contributed by atoms with Crippen molar-refractivity contribution in [3.63, 3.8) is 0 Å². The Kier molecular flexibility index (Phi) is 5.59. The first-order valence-corrected chi connectivity index (χ1v) is 8.90. The Labute approximate surface area is 149 Å². The molecule has 4 nitrogen and oxygen atoms in total. The van der Waals surface area contributed by atoms with Gasteiger partial charge in [-0.2, -0.15) is 0 Å². The second kappa shape index (κ2) is 8.06. The molecular weight excluding hydrogens is 312 g/mol. The zero-order chi connectivity index (χ0) is 17.6. The molecule has 132 valence electrons. The maximum Gasteiger partial charge on any atom is 0.317 e. The molecule has 0 aliphatic heterocycles. The summed E-state index contributed by atoms with van der Waals surface area (Å²) in [5.41, 5.74) is 2.17. The first-order valence-electron chi connectivity index (χ1n) is 8.90. The third-order valence-corrected chi connectivity index (χ3v) is 4.82. The summed E-state index contributed by atoms with van der Waals surface area (Å²) < 4.78 is 5.78. The van der Waals surface area contributed by atoms with E-state index in [4.69, 9.17) is 4.74 Å². The van der Waals surface area contributed by atoms with E-state index in [1.807, 2.05) is 60.5 Å². The lowest BCUT2D eigenvalue weighted by Gasteiger charge is -2.25. The molecule has 4 heteroatoms. The summed E-state index contributed by atoms with van der Waals surface area (Å²) in [7, 11) is 1.88. The molecule has 0 heterocycles. The Hall–Kier alpha value is -2.49. The van der Waals surface area contributed by atoms with E-state index in [0.29, 0.717) is 25.1 Å². The highest BCUT2D eigenvalue weighted by Gasteiger charge is 2.32. The monoisotopic (exact) mass is 338 g/mol. The zero-order valence-corrected chi connectivity index (χ0v) is 14.9. The van der Waals surface area contributed by atoms with E-state index in [0.717, 1.165) is 16.9 Å². The summed E-state index contributed by atoms with van der Waals surface area (Å²) in [5.74, 6) is 1.53. The van der Waals surface area contributed by atoms with Crippen LogP contribution in [0.15, 0.2) is 54.6 Å². The summed E-state index contributed by atoms with van der Waals surface area (Å²) in [6.07, 6.45) is 2.48. The van der Waals surface area contributed by atoms with Gasteiger partial charge in [0.25, 0.3) is 0 Å². The molecule has 3 rings (SSSR count). The molecule has 2 aromatic rings. The fraction of sp³-hybridized carbons (Fsp3) is 0.381. The lowest BCUT2D eigenvalue weighted by Crippen LogP contribution is -2.43. The number of para-hydroxylation sites is 1. The van der Waals surface area contributed by atoms with Crippen molar-refractivity contribution in [3.8, 4) is 5.75 Å². The van der Waals surface area contributed by atoms with Gasteiger partial charge >= 0.3 is 6.03 Å². The Balaban J connectivity index is 1.50. The number of rotatable bonds is 7. The molecule has 0 radical (unpaired) electrons. The number of benzene rings is 2. The third-order valence-electron chi connectivity index (χ3n) is 4.82. The zero-order valence-electron chi connectivity index (χ0n) is 14.9. The van der Waals surface area contributed by atoms with Crippen LogP contribution in [0.5, 0.6) is 5.75 Å². The number of carbonyl (C=O) groups is 1. The number of urea groups is 1. The average molecular weight is 338 g/mol. The molecule has 0 spiro atoms. The highest BCUT2D eigenvalue weighted by Crippen LogP contribution is 2.34. The number of nitrogens with zero attached hydrogens (tertiary/aromatic N) is 1. The van der Waals surface area contributed by atoms with Gasteiger partial charge in [-0.25, -0.2) is 4.79 Å². The number of nitrogens with one attached hydrogen (secondary N) is 1. The largest absolute Gasteiger partial charge is 0.489 e. The lowest BCUT2D eigenvalue weighted by molar-refractivity contribution is 0.187. The number of carbonyl (C=O) groups excluding carboxylic acids is 1. The SMILES string of the molecule is CC(C1CC1)N(C)C(=O)NCc1cccc(COc2ccccc2)c1. The van der Waals surface area contributed by atoms with E-state index in [-0.39, 0.29) is 6.03 Å². The van der Waals surface area contributed by atoms with Gasteiger partial charge in [0.15, 0.2) is 0 Å². The summed E-state index contributed by atoms with van der Waals surface area (Å²) in [6, 6.07) is 18.2. The second-order valence-electron chi connectivity index (χ2n) is 6.77.